The molecule has 0 radical (unpaired) electrons. The molecule has 2 heterocycles. The van der Waals surface area contributed by atoms with E-state index in [0.717, 1.165) is 40.2 Å². The van der Waals surface area contributed by atoms with Crippen molar-refractivity contribution in [2.24, 2.45) is 0 Å². The van der Waals surface area contributed by atoms with Crippen LogP contribution in [0.15, 0.2) is 18.2 Å². The number of carbonyl (C=O) groups excluding carboxylic acids is 1. The monoisotopic (exact) mass is 345 g/mol. The molecule has 0 bridgehead atoms. The second-order valence-electron chi connectivity index (χ2n) is 5.72. The maximum absolute atomic E-state index is 12.1. The number of cyclic esters (lactones) is 1. The zero-order chi connectivity index (χ0) is 17.1. The molecule has 3 rings (SSSR count). The average Bonchev–Trinajstić information content (AvgIpc) is 3.10. The van der Waals surface area contributed by atoms with Gasteiger partial charge in [0.05, 0.1) is 21.3 Å². The molecule has 1 aromatic heterocycles. The van der Waals surface area contributed by atoms with Gasteiger partial charge in [-0.1, -0.05) is 0 Å². The first-order chi connectivity index (χ1) is 11.6. The number of ether oxygens (including phenoxy) is 2. The summed E-state index contributed by atoms with van der Waals surface area (Å²) in [5, 5.41) is 9.64. The van der Waals surface area contributed by atoms with Crippen molar-refractivity contribution in [3.05, 3.63) is 23.2 Å². The number of aryl methyl sites for hydroxylation is 1. The van der Waals surface area contributed by atoms with Crippen LogP contribution in [0.3, 0.4) is 0 Å². The minimum absolute atomic E-state index is 0.182. The minimum Gasteiger partial charge on any atom is -0.417 e. The fourth-order valence-corrected chi connectivity index (χ4v) is 3.87. The lowest BCUT2D eigenvalue weighted by Gasteiger charge is -2.19. The summed E-state index contributed by atoms with van der Waals surface area (Å²) in [5.74, 6) is 0. The fourth-order valence-electron chi connectivity index (χ4n) is 2.83. The molecule has 1 aromatic carbocycles. The number of unbranched alkanes of at least 4 members (excludes halogenated alkanes) is 2. The third kappa shape index (κ3) is 3.21. The van der Waals surface area contributed by atoms with Crippen LogP contribution in [0, 0.1) is 11.3 Å². The number of methoxy groups -OCH3 is 1. The van der Waals surface area contributed by atoms with Crippen molar-refractivity contribution in [3.63, 3.8) is 0 Å². The lowest BCUT2D eigenvalue weighted by Crippen LogP contribution is -2.34. The first-order valence-electron chi connectivity index (χ1n) is 7.93. The van der Waals surface area contributed by atoms with E-state index in [2.05, 4.69) is 11.1 Å². The molecule has 7 heteroatoms. The Bertz CT molecular complexity index is 783. The number of fused-ring (bicyclic) bond motifs is 1. The largest absolute Gasteiger partial charge is 0.417 e. The Kier molecular flexibility index (Phi) is 4.97. The third-order valence-electron chi connectivity index (χ3n) is 4.07. The molecule has 0 spiro atoms. The van der Waals surface area contributed by atoms with Crippen LogP contribution in [-0.2, 0) is 15.9 Å². The van der Waals surface area contributed by atoms with Crippen LogP contribution < -0.4 is 4.90 Å². The van der Waals surface area contributed by atoms with Gasteiger partial charge in [-0.15, -0.1) is 11.3 Å². The number of nitrogens with zero attached hydrogens (tertiary/aromatic N) is 3. The summed E-state index contributed by atoms with van der Waals surface area (Å²) in [4.78, 5) is 18.3. The van der Waals surface area contributed by atoms with Gasteiger partial charge in [0.25, 0.3) is 0 Å². The SMILES string of the molecule is COC1OC(=O)N(c2ccc3nc(CCCCC#N)sc3c2)C1C. The van der Waals surface area contributed by atoms with E-state index in [0.29, 0.717) is 6.42 Å². The van der Waals surface area contributed by atoms with Crippen molar-refractivity contribution in [1.29, 1.82) is 5.26 Å². The predicted molar refractivity (Wildman–Crippen MR) is 92.0 cm³/mol. The van der Waals surface area contributed by atoms with Crippen molar-refractivity contribution in [1.82, 2.24) is 4.98 Å². The van der Waals surface area contributed by atoms with Gasteiger partial charge in [-0.05, 0) is 44.4 Å². The number of nitriles is 1. The number of hydrogen-bond acceptors (Lipinski definition) is 6. The molecule has 1 aliphatic rings. The highest BCUT2D eigenvalue weighted by Gasteiger charge is 2.40. The molecule has 6 nitrogen and oxygen atoms in total. The van der Waals surface area contributed by atoms with Gasteiger partial charge in [-0.2, -0.15) is 5.26 Å². The molecule has 0 aliphatic carbocycles. The lowest BCUT2D eigenvalue weighted by molar-refractivity contribution is -0.0640. The molecule has 126 valence electrons. The van der Waals surface area contributed by atoms with Crippen molar-refractivity contribution in [2.45, 2.75) is 44.9 Å². The van der Waals surface area contributed by atoms with E-state index in [-0.39, 0.29) is 6.04 Å². The van der Waals surface area contributed by atoms with Crippen LogP contribution >= 0.6 is 11.3 Å². The predicted octanol–water partition coefficient (Wildman–Crippen LogP) is 3.85. The number of thiazole rings is 1. The van der Waals surface area contributed by atoms with Gasteiger partial charge in [0, 0.05) is 19.2 Å². The smallest absolute Gasteiger partial charge is 0.417 e. The molecule has 0 N–H and O–H groups in total. The standard InChI is InChI=1S/C17H19N3O3S/c1-11-16(22-2)23-17(21)20(11)12-7-8-13-14(10-12)24-15(19-13)6-4-3-5-9-18/h7-8,10-11,16H,3-6H2,1-2H3. The summed E-state index contributed by atoms with van der Waals surface area (Å²) in [5.41, 5.74) is 1.72. The van der Waals surface area contributed by atoms with Gasteiger partial charge in [-0.25, -0.2) is 9.78 Å². The molecular weight excluding hydrogens is 326 g/mol. The molecule has 1 aliphatic heterocycles. The van der Waals surface area contributed by atoms with Crippen molar-refractivity contribution < 1.29 is 14.3 Å². The van der Waals surface area contributed by atoms with Gasteiger partial charge >= 0.3 is 6.09 Å². The van der Waals surface area contributed by atoms with E-state index >= 15 is 0 Å². The average molecular weight is 345 g/mol. The third-order valence-corrected chi connectivity index (χ3v) is 5.15. The zero-order valence-electron chi connectivity index (χ0n) is 13.7. The highest BCUT2D eigenvalue weighted by molar-refractivity contribution is 7.18. The van der Waals surface area contributed by atoms with E-state index in [9.17, 15) is 4.79 Å². The lowest BCUT2D eigenvalue weighted by atomic mass is 10.2. The maximum Gasteiger partial charge on any atom is 0.417 e. The quantitative estimate of drug-likeness (QED) is 0.743. The number of amides is 1. The second-order valence-corrected chi connectivity index (χ2v) is 6.84. The second kappa shape index (κ2) is 7.16. The molecule has 1 amide bonds. The summed E-state index contributed by atoms with van der Waals surface area (Å²) in [6.45, 7) is 1.90. The zero-order valence-corrected chi connectivity index (χ0v) is 14.5. The van der Waals surface area contributed by atoms with Crippen molar-refractivity contribution in [3.8, 4) is 6.07 Å². The molecular formula is C17H19N3O3S. The van der Waals surface area contributed by atoms with Crippen LogP contribution in [0.1, 0.15) is 31.2 Å². The highest BCUT2D eigenvalue weighted by Crippen LogP contribution is 2.32. The first kappa shape index (κ1) is 16.7. The Morgan fingerprint density at radius 2 is 2.29 bits per heavy atom. The van der Waals surface area contributed by atoms with Gasteiger partial charge in [-0.3, -0.25) is 4.90 Å². The molecule has 2 unspecified atom stereocenters. The molecule has 2 atom stereocenters. The number of benzene rings is 1. The Balaban J connectivity index is 1.79. The van der Waals surface area contributed by atoms with Crippen LogP contribution in [-0.4, -0.2) is 30.5 Å². The van der Waals surface area contributed by atoms with Gasteiger partial charge in [0.15, 0.2) is 0 Å². The minimum atomic E-state index is -0.551. The summed E-state index contributed by atoms with van der Waals surface area (Å²) in [6.07, 6.45) is 2.38. The number of carbonyl (C=O) groups is 1. The Morgan fingerprint density at radius 3 is 3.00 bits per heavy atom. The Labute approximate surface area is 144 Å². The molecule has 2 aromatic rings. The summed E-state index contributed by atoms with van der Waals surface area (Å²) >= 11 is 1.63. The number of aromatic nitrogens is 1. The van der Waals surface area contributed by atoms with Crippen molar-refractivity contribution >= 4 is 33.3 Å². The Hall–Kier alpha value is -2.17. The normalized spacial score (nSPS) is 20.4. The van der Waals surface area contributed by atoms with Crippen LogP contribution in [0.25, 0.3) is 10.2 Å². The van der Waals surface area contributed by atoms with E-state index in [4.69, 9.17) is 14.7 Å². The van der Waals surface area contributed by atoms with Crippen LogP contribution in [0.2, 0.25) is 0 Å². The topological polar surface area (TPSA) is 75.5 Å². The first-order valence-corrected chi connectivity index (χ1v) is 8.74. The summed E-state index contributed by atoms with van der Waals surface area (Å²) < 4.78 is 11.4. The fraction of sp³-hybridized carbons (Fsp3) is 0.471. The van der Waals surface area contributed by atoms with Crippen molar-refractivity contribution in [2.75, 3.05) is 12.0 Å². The highest BCUT2D eigenvalue weighted by atomic mass is 32.1. The summed E-state index contributed by atoms with van der Waals surface area (Å²) in [6, 6.07) is 7.77. The van der Waals surface area contributed by atoms with Gasteiger partial charge in [0.2, 0.25) is 6.29 Å². The van der Waals surface area contributed by atoms with E-state index in [1.54, 1.807) is 16.2 Å². The number of rotatable bonds is 6. The van der Waals surface area contributed by atoms with Crippen LogP contribution in [0.5, 0.6) is 0 Å². The van der Waals surface area contributed by atoms with E-state index in [1.807, 2.05) is 25.1 Å². The van der Waals surface area contributed by atoms with Gasteiger partial charge in [0.1, 0.15) is 6.04 Å². The van der Waals surface area contributed by atoms with E-state index < -0.39 is 12.4 Å². The van der Waals surface area contributed by atoms with Crippen LogP contribution in [0.4, 0.5) is 10.5 Å². The number of hydrogen-bond donors (Lipinski definition) is 0. The van der Waals surface area contributed by atoms with Gasteiger partial charge < -0.3 is 9.47 Å². The molecule has 0 saturated carbocycles. The molecule has 1 fully saturated rings. The summed E-state index contributed by atoms with van der Waals surface area (Å²) in [7, 11) is 1.53. The maximum atomic E-state index is 12.1. The Morgan fingerprint density at radius 1 is 1.46 bits per heavy atom. The molecule has 1 saturated heterocycles. The number of anilines is 1. The van der Waals surface area contributed by atoms with E-state index in [1.165, 1.54) is 7.11 Å². The molecule has 24 heavy (non-hydrogen) atoms.